The second-order valence-corrected chi connectivity index (χ2v) is 11.9. The van der Waals surface area contributed by atoms with Crippen molar-refractivity contribution in [1.29, 1.82) is 0 Å². The predicted molar refractivity (Wildman–Crippen MR) is 145 cm³/mol. The second kappa shape index (κ2) is 10.3. The number of nitrogens with zero attached hydrogens (tertiary/aromatic N) is 2. The van der Waals surface area contributed by atoms with Crippen molar-refractivity contribution in [3.8, 4) is 22.4 Å². The molecule has 1 aliphatic rings. The quantitative estimate of drug-likeness (QED) is 0.333. The summed E-state index contributed by atoms with van der Waals surface area (Å²) in [6.45, 7) is 3.14. The molecule has 0 saturated carbocycles. The molecule has 0 bridgehead atoms. The predicted octanol–water partition coefficient (Wildman–Crippen LogP) is 6.15. The molecule has 184 valence electrons. The number of sulfonamides is 1. The van der Waals surface area contributed by atoms with Crippen LogP contribution in [0.15, 0.2) is 89.1 Å². The Balaban J connectivity index is 1.25. The average Bonchev–Trinajstić information content (AvgIpc) is 3.38. The second-order valence-electron chi connectivity index (χ2n) is 9.07. The molecular weight excluding hydrogens is 490 g/mol. The minimum atomic E-state index is -3.55. The molecule has 5 rings (SSSR count). The minimum Gasteiger partial charge on any atom is -0.298 e. The summed E-state index contributed by atoms with van der Waals surface area (Å²) in [7, 11) is -3.55. The van der Waals surface area contributed by atoms with E-state index in [4.69, 9.17) is 0 Å². The lowest BCUT2D eigenvalue weighted by Crippen LogP contribution is -2.39. The smallest absolute Gasteiger partial charge is 0.257 e. The van der Waals surface area contributed by atoms with Gasteiger partial charge in [0.15, 0.2) is 5.13 Å². The number of hydrogen-bond acceptors (Lipinski definition) is 5. The zero-order valence-electron chi connectivity index (χ0n) is 19.9. The van der Waals surface area contributed by atoms with Crippen LogP contribution < -0.4 is 5.32 Å². The summed E-state index contributed by atoms with van der Waals surface area (Å²) in [4.78, 5) is 17.5. The first-order valence-corrected chi connectivity index (χ1v) is 14.2. The van der Waals surface area contributed by atoms with E-state index >= 15 is 0 Å². The normalized spacial score (nSPS) is 16.5. The van der Waals surface area contributed by atoms with Crippen LogP contribution in [0.25, 0.3) is 22.4 Å². The summed E-state index contributed by atoms with van der Waals surface area (Å²) in [6, 6.07) is 24.4. The van der Waals surface area contributed by atoms with Crippen LogP contribution in [-0.2, 0) is 10.0 Å². The number of anilines is 1. The minimum absolute atomic E-state index is 0.212. The summed E-state index contributed by atoms with van der Waals surface area (Å²) in [5, 5.41) is 5.21. The molecule has 8 heteroatoms. The highest BCUT2D eigenvalue weighted by molar-refractivity contribution is 7.89. The largest absolute Gasteiger partial charge is 0.298 e. The average molecular weight is 518 g/mol. The summed E-state index contributed by atoms with van der Waals surface area (Å²) in [5.74, 6) is 0.0226. The third-order valence-electron chi connectivity index (χ3n) is 6.39. The third-order valence-corrected chi connectivity index (χ3v) is 9.02. The Morgan fingerprint density at radius 1 is 0.944 bits per heavy atom. The van der Waals surface area contributed by atoms with Gasteiger partial charge in [-0.15, -0.1) is 11.3 Å². The lowest BCUT2D eigenvalue weighted by atomic mass is 10.0. The van der Waals surface area contributed by atoms with Crippen molar-refractivity contribution in [3.63, 3.8) is 0 Å². The molecule has 1 saturated heterocycles. The van der Waals surface area contributed by atoms with Gasteiger partial charge in [-0.25, -0.2) is 13.4 Å². The lowest BCUT2D eigenvalue weighted by Gasteiger charge is -2.30. The van der Waals surface area contributed by atoms with Gasteiger partial charge in [-0.1, -0.05) is 61.5 Å². The highest BCUT2D eigenvalue weighted by Gasteiger charge is 2.28. The molecule has 3 aromatic carbocycles. The number of hydrogen-bond donors (Lipinski definition) is 1. The number of thiazole rings is 1. The molecule has 1 fully saturated rings. The van der Waals surface area contributed by atoms with E-state index in [-0.39, 0.29) is 10.8 Å². The fourth-order valence-electron chi connectivity index (χ4n) is 4.39. The Morgan fingerprint density at radius 2 is 1.61 bits per heavy atom. The molecule has 1 aromatic heterocycles. The zero-order valence-corrected chi connectivity index (χ0v) is 21.6. The van der Waals surface area contributed by atoms with Crippen molar-refractivity contribution in [2.45, 2.75) is 24.7 Å². The number of rotatable bonds is 6. The van der Waals surface area contributed by atoms with Gasteiger partial charge in [0.05, 0.1) is 10.6 Å². The first-order valence-electron chi connectivity index (χ1n) is 11.9. The fraction of sp³-hybridized carbons (Fsp3) is 0.214. The van der Waals surface area contributed by atoms with Crippen molar-refractivity contribution in [2.75, 3.05) is 18.4 Å². The van der Waals surface area contributed by atoms with Crippen molar-refractivity contribution in [2.24, 2.45) is 5.92 Å². The van der Waals surface area contributed by atoms with Gasteiger partial charge < -0.3 is 0 Å². The molecule has 1 unspecified atom stereocenters. The molecule has 0 radical (unpaired) electrons. The maximum Gasteiger partial charge on any atom is 0.257 e. The number of carbonyl (C=O) groups excluding carboxylic acids is 1. The maximum atomic E-state index is 13.0. The molecule has 1 N–H and O–H groups in total. The van der Waals surface area contributed by atoms with Crippen LogP contribution in [0.3, 0.4) is 0 Å². The van der Waals surface area contributed by atoms with Crippen molar-refractivity contribution in [3.05, 3.63) is 89.8 Å². The summed E-state index contributed by atoms with van der Waals surface area (Å²) < 4.78 is 27.5. The van der Waals surface area contributed by atoms with Crippen LogP contribution in [0.5, 0.6) is 0 Å². The molecular formula is C28H27N3O3S2. The molecule has 0 aliphatic carbocycles. The van der Waals surface area contributed by atoms with Gasteiger partial charge in [-0.3, -0.25) is 10.1 Å². The van der Waals surface area contributed by atoms with E-state index in [2.05, 4.69) is 41.5 Å². The van der Waals surface area contributed by atoms with Crippen LogP contribution in [-0.4, -0.2) is 36.7 Å². The van der Waals surface area contributed by atoms with Gasteiger partial charge in [0.2, 0.25) is 10.0 Å². The summed E-state index contributed by atoms with van der Waals surface area (Å²) in [5.41, 5.74) is 4.41. The summed E-state index contributed by atoms with van der Waals surface area (Å²) >= 11 is 1.35. The number of aromatic nitrogens is 1. The Hall–Kier alpha value is -3.33. The van der Waals surface area contributed by atoms with E-state index in [1.54, 1.807) is 16.4 Å². The van der Waals surface area contributed by atoms with Crippen LogP contribution in [0.2, 0.25) is 0 Å². The summed E-state index contributed by atoms with van der Waals surface area (Å²) in [6.07, 6.45) is 1.91. The van der Waals surface area contributed by atoms with Crippen LogP contribution >= 0.6 is 11.3 Å². The van der Waals surface area contributed by atoms with Crippen LogP contribution in [0.1, 0.15) is 30.1 Å². The lowest BCUT2D eigenvalue weighted by molar-refractivity contribution is 0.102. The van der Waals surface area contributed by atoms with Crippen molar-refractivity contribution >= 4 is 32.4 Å². The number of carbonyl (C=O) groups is 1. The van der Waals surface area contributed by atoms with E-state index in [1.807, 2.05) is 35.7 Å². The molecule has 1 amide bonds. The highest BCUT2D eigenvalue weighted by atomic mass is 32.2. The third kappa shape index (κ3) is 5.26. The Bertz CT molecular complexity index is 1450. The SMILES string of the molecule is CC1CCCN(S(=O)(=O)c2ccc(C(=O)Nc3nc(-c4ccc(-c5ccccc5)cc4)cs3)cc2)C1. The standard InChI is InChI=1S/C28H27N3O3S2/c1-20-6-5-17-31(18-20)36(33,34)25-15-13-24(14-16-25)27(32)30-28-29-26(19-35-28)23-11-9-22(10-12-23)21-7-3-2-4-8-21/h2-4,7-16,19-20H,5-6,17-18H2,1H3,(H,29,30,32). The van der Waals surface area contributed by atoms with E-state index in [0.717, 1.165) is 35.2 Å². The van der Waals surface area contributed by atoms with Crippen LogP contribution in [0, 0.1) is 5.92 Å². The van der Waals surface area contributed by atoms with Gasteiger partial charge in [0, 0.05) is 29.6 Å². The van der Waals surface area contributed by atoms with Gasteiger partial charge in [0.25, 0.3) is 5.91 Å². The van der Waals surface area contributed by atoms with Crippen LogP contribution in [0.4, 0.5) is 5.13 Å². The zero-order chi connectivity index (χ0) is 25.1. The Kier molecular flexibility index (Phi) is 7.00. The maximum absolute atomic E-state index is 13.0. The highest BCUT2D eigenvalue weighted by Crippen LogP contribution is 2.28. The monoisotopic (exact) mass is 517 g/mol. The van der Waals surface area contributed by atoms with E-state index < -0.39 is 10.0 Å². The molecule has 6 nitrogen and oxygen atoms in total. The van der Waals surface area contributed by atoms with Gasteiger partial charge in [-0.05, 0) is 54.2 Å². The Labute approximate surface area is 215 Å². The molecule has 0 spiro atoms. The van der Waals surface area contributed by atoms with E-state index in [1.165, 1.54) is 23.5 Å². The number of nitrogens with one attached hydrogen (secondary N) is 1. The molecule has 36 heavy (non-hydrogen) atoms. The van der Waals surface area contributed by atoms with Crippen molar-refractivity contribution in [1.82, 2.24) is 9.29 Å². The van der Waals surface area contributed by atoms with Gasteiger partial charge in [0.1, 0.15) is 0 Å². The number of benzene rings is 3. The van der Waals surface area contributed by atoms with E-state index in [0.29, 0.717) is 29.7 Å². The molecule has 4 aromatic rings. The van der Waals surface area contributed by atoms with Crippen molar-refractivity contribution < 1.29 is 13.2 Å². The van der Waals surface area contributed by atoms with E-state index in [9.17, 15) is 13.2 Å². The topological polar surface area (TPSA) is 79.4 Å². The fourth-order valence-corrected chi connectivity index (χ4v) is 6.70. The Morgan fingerprint density at radius 3 is 2.31 bits per heavy atom. The number of amides is 1. The molecule has 1 atom stereocenters. The first-order chi connectivity index (χ1) is 17.4. The molecule has 1 aliphatic heterocycles. The first kappa shape index (κ1) is 24.4. The molecule has 2 heterocycles. The number of piperidine rings is 1. The van der Waals surface area contributed by atoms with Gasteiger partial charge in [-0.2, -0.15) is 4.31 Å². The van der Waals surface area contributed by atoms with Gasteiger partial charge >= 0.3 is 0 Å².